The molecule has 0 radical (unpaired) electrons. The van der Waals surface area contributed by atoms with Crippen molar-refractivity contribution in [1.82, 2.24) is 5.43 Å². The standard InChI is InChI=1S/C12H26N2O2SSi/c1-12(2,3)18(4,5)16-10-7-6-9(8-10)15-11(17)14-13/h9-10H,6-8,13H2,1-5H3,(H,14,17). The number of ether oxygens (including phenoxy) is 1. The fourth-order valence-corrected chi connectivity index (χ4v) is 3.43. The van der Waals surface area contributed by atoms with Gasteiger partial charge in [0.05, 0.1) is 0 Å². The van der Waals surface area contributed by atoms with Gasteiger partial charge in [0.1, 0.15) is 6.10 Å². The quantitative estimate of drug-likeness (QED) is 0.362. The molecule has 106 valence electrons. The van der Waals surface area contributed by atoms with Crippen molar-refractivity contribution in [1.29, 1.82) is 0 Å². The minimum atomic E-state index is -1.68. The van der Waals surface area contributed by atoms with Crippen molar-refractivity contribution in [2.75, 3.05) is 0 Å². The molecule has 1 fully saturated rings. The van der Waals surface area contributed by atoms with E-state index in [4.69, 9.17) is 27.2 Å². The Balaban J connectivity index is 2.46. The third-order valence-electron chi connectivity index (χ3n) is 4.00. The molecule has 0 aliphatic heterocycles. The molecular weight excluding hydrogens is 264 g/mol. The molecule has 0 bridgehead atoms. The van der Waals surface area contributed by atoms with Crippen LogP contribution in [0.5, 0.6) is 0 Å². The number of rotatable bonds is 3. The summed E-state index contributed by atoms with van der Waals surface area (Å²) in [5.41, 5.74) is 2.36. The van der Waals surface area contributed by atoms with E-state index in [9.17, 15) is 0 Å². The Morgan fingerprint density at radius 3 is 2.33 bits per heavy atom. The molecule has 1 rings (SSSR count). The van der Waals surface area contributed by atoms with Gasteiger partial charge in [0, 0.05) is 12.5 Å². The van der Waals surface area contributed by atoms with Crippen LogP contribution in [-0.4, -0.2) is 25.7 Å². The van der Waals surface area contributed by atoms with E-state index < -0.39 is 8.32 Å². The summed E-state index contributed by atoms with van der Waals surface area (Å²) in [4.78, 5) is 0. The third-order valence-corrected chi connectivity index (χ3v) is 8.74. The van der Waals surface area contributed by atoms with Crippen molar-refractivity contribution in [2.45, 2.75) is 70.4 Å². The molecule has 0 aromatic heterocycles. The predicted molar refractivity (Wildman–Crippen MR) is 80.7 cm³/mol. The summed E-state index contributed by atoms with van der Waals surface area (Å²) in [6.07, 6.45) is 3.39. The maximum absolute atomic E-state index is 6.37. The summed E-state index contributed by atoms with van der Waals surface area (Å²) in [5, 5.41) is 0.521. The van der Waals surface area contributed by atoms with Gasteiger partial charge in [-0.3, -0.25) is 5.43 Å². The van der Waals surface area contributed by atoms with Gasteiger partial charge in [-0.1, -0.05) is 20.8 Å². The zero-order valence-corrected chi connectivity index (χ0v) is 13.9. The molecule has 2 atom stereocenters. The van der Waals surface area contributed by atoms with Crippen molar-refractivity contribution < 1.29 is 9.16 Å². The normalized spacial score (nSPS) is 25.0. The van der Waals surface area contributed by atoms with Crippen LogP contribution in [0, 0.1) is 0 Å². The maximum atomic E-state index is 6.37. The minimum Gasteiger partial charge on any atom is -0.467 e. The zero-order chi connectivity index (χ0) is 14.0. The lowest BCUT2D eigenvalue weighted by molar-refractivity contribution is 0.147. The van der Waals surface area contributed by atoms with Crippen molar-refractivity contribution in [3.63, 3.8) is 0 Å². The average Bonchev–Trinajstić information content (AvgIpc) is 2.62. The Kier molecular flexibility index (Phi) is 5.17. The second kappa shape index (κ2) is 5.86. The Morgan fingerprint density at radius 1 is 1.28 bits per heavy atom. The maximum Gasteiger partial charge on any atom is 0.271 e. The van der Waals surface area contributed by atoms with Gasteiger partial charge in [0.2, 0.25) is 0 Å². The average molecular weight is 291 g/mol. The summed E-state index contributed by atoms with van der Waals surface area (Å²) < 4.78 is 11.9. The summed E-state index contributed by atoms with van der Waals surface area (Å²) in [6, 6.07) is 0. The summed E-state index contributed by atoms with van der Waals surface area (Å²) in [5.74, 6) is 5.20. The SMILES string of the molecule is CC(C)(C)[Si](C)(C)OC1CCC(OC(=S)NN)C1. The van der Waals surface area contributed by atoms with Gasteiger partial charge < -0.3 is 9.16 Å². The first-order valence-corrected chi connectivity index (χ1v) is 9.82. The molecule has 1 aliphatic carbocycles. The highest BCUT2D eigenvalue weighted by Crippen LogP contribution is 2.39. The van der Waals surface area contributed by atoms with E-state index in [1.807, 2.05) is 0 Å². The summed E-state index contributed by atoms with van der Waals surface area (Å²) in [6.45, 7) is 11.3. The van der Waals surface area contributed by atoms with Gasteiger partial charge >= 0.3 is 0 Å². The molecule has 2 unspecified atom stereocenters. The Hall–Kier alpha value is -0.173. The molecular formula is C12H26N2O2SSi. The zero-order valence-electron chi connectivity index (χ0n) is 12.1. The number of hydrogen-bond acceptors (Lipinski definition) is 4. The van der Waals surface area contributed by atoms with Crippen LogP contribution in [0.25, 0.3) is 0 Å². The van der Waals surface area contributed by atoms with Crippen molar-refractivity contribution in [2.24, 2.45) is 5.84 Å². The second-order valence-electron chi connectivity index (χ2n) is 6.48. The van der Waals surface area contributed by atoms with Gasteiger partial charge in [-0.05, 0) is 43.2 Å². The monoisotopic (exact) mass is 290 g/mol. The minimum absolute atomic E-state index is 0.142. The highest BCUT2D eigenvalue weighted by atomic mass is 32.1. The molecule has 0 heterocycles. The van der Waals surface area contributed by atoms with Crippen LogP contribution in [0.1, 0.15) is 40.0 Å². The smallest absolute Gasteiger partial charge is 0.271 e. The molecule has 0 spiro atoms. The molecule has 0 aromatic carbocycles. The van der Waals surface area contributed by atoms with E-state index in [0.29, 0.717) is 6.10 Å². The molecule has 0 amide bonds. The van der Waals surface area contributed by atoms with Crippen LogP contribution in [-0.2, 0) is 9.16 Å². The Bertz CT molecular complexity index is 305. The molecule has 0 saturated heterocycles. The van der Waals surface area contributed by atoms with Crippen LogP contribution < -0.4 is 11.3 Å². The predicted octanol–water partition coefficient (Wildman–Crippen LogP) is 2.69. The number of nitrogens with one attached hydrogen (secondary N) is 1. The van der Waals surface area contributed by atoms with E-state index in [2.05, 4.69) is 39.3 Å². The fourth-order valence-electron chi connectivity index (χ4n) is 1.89. The van der Waals surface area contributed by atoms with E-state index in [-0.39, 0.29) is 16.3 Å². The van der Waals surface area contributed by atoms with Crippen LogP contribution in [0.15, 0.2) is 0 Å². The topological polar surface area (TPSA) is 56.5 Å². The van der Waals surface area contributed by atoms with Crippen LogP contribution >= 0.6 is 12.2 Å². The number of nitrogens with two attached hydrogens (primary N) is 1. The number of hydrogen-bond donors (Lipinski definition) is 2. The lowest BCUT2D eigenvalue weighted by Gasteiger charge is -2.38. The largest absolute Gasteiger partial charge is 0.467 e. The molecule has 1 aliphatic rings. The van der Waals surface area contributed by atoms with Crippen molar-refractivity contribution >= 4 is 25.7 Å². The molecule has 1 saturated carbocycles. The van der Waals surface area contributed by atoms with E-state index in [0.717, 1.165) is 19.3 Å². The fraction of sp³-hybridized carbons (Fsp3) is 0.917. The molecule has 0 aromatic rings. The third kappa shape index (κ3) is 4.19. The first-order valence-electron chi connectivity index (χ1n) is 6.51. The first kappa shape index (κ1) is 15.9. The molecule has 18 heavy (non-hydrogen) atoms. The summed E-state index contributed by atoms with van der Waals surface area (Å²) >= 11 is 4.91. The van der Waals surface area contributed by atoms with Gasteiger partial charge in [0.25, 0.3) is 5.17 Å². The second-order valence-corrected chi connectivity index (χ2v) is 11.6. The first-order chi connectivity index (χ1) is 8.15. The lowest BCUT2D eigenvalue weighted by atomic mass is 10.2. The van der Waals surface area contributed by atoms with Crippen molar-refractivity contribution in [3.8, 4) is 0 Å². The highest BCUT2D eigenvalue weighted by Gasteiger charge is 2.41. The van der Waals surface area contributed by atoms with Crippen LogP contribution in [0.4, 0.5) is 0 Å². The Labute approximate surface area is 117 Å². The van der Waals surface area contributed by atoms with Gasteiger partial charge in [-0.2, -0.15) is 0 Å². The number of thiocarbonyl (C=S) groups is 1. The lowest BCUT2D eigenvalue weighted by Crippen LogP contribution is -2.43. The van der Waals surface area contributed by atoms with Crippen molar-refractivity contribution in [3.05, 3.63) is 0 Å². The Morgan fingerprint density at radius 2 is 1.83 bits per heavy atom. The van der Waals surface area contributed by atoms with Crippen LogP contribution in [0.2, 0.25) is 18.1 Å². The van der Waals surface area contributed by atoms with Gasteiger partial charge in [-0.15, -0.1) is 0 Å². The number of hydrazine groups is 1. The molecule has 3 N–H and O–H groups in total. The van der Waals surface area contributed by atoms with Crippen LogP contribution in [0.3, 0.4) is 0 Å². The summed E-state index contributed by atoms with van der Waals surface area (Å²) in [7, 11) is -1.68. The molecule has 6 heteroatoms. The van der Waals surface area contributed by atoms with E-state index in [1.165, 1.54) is 0 Å². The highest BCUT2D eigenvalue weighted by molar-refractivity contribution is 7.80. The molecule has 4 nitrogen and oxygen atoms in total. The van der Waals surface area contributed by atoms with Gasteiger partial charge in [-0.25, -0.2) is 5.84 Å². The van der Waals surface area contributed by atoms with E-state index >= 15 is 0 Å². The van der Waals surface area contributed by atoms with Gasteiger partial charge in [0.15, 0.2) is 8.32 Å². The van der Waals surface area contributed by atoms with E-state index in [1.54, 1.807) is 0 Å².